The maximum Gasteiger partial charge on any atom is 0.266 e. The Balaban J connectivity index is 1.50. The highest BCUT2D eigenvalue weighted by Crippen LogP contribution is 2.48. The monoisotopic (exact) mass is 438 g/mol. The molecule has 3 atom stereocenters. The molecule has 0 N–H and O–H groups in total. The number of para-hydroxylation sites is 1. The van der Waals surface area contributed by atoms with Crippen molar-refractivity contribution in [2.45, 2.75) is 12.1 Å². The van der Waals surface area contributed by atoms with Crippen molar-refractivity contribution in [3.8, 4) is 0 Å². The lowest BCUT2D eigenvalue weighted by Crippen LogP contribution is -2.37. The van der Waals surface area contributed by atoms with Crippen LogP contribution in [0.3, 0.4) is 0 Å². The zero-order valence-electron chi connectivity index (χ0n) is 17.5. The summed E-state index contributed by atoms with van der Waals surface area (Å²) in [6.45, 7) is 0. The maximum atomic E-state index is 13.7. The number of imide groups is 1. The first kappa shape index (κ1) is 19.6. The Morgan fingerprint density at radius 2 is 1.39 bits per heavy atom. The minimum atomic E-state index is -0.966. The minimum Gasteiger partial charge on any atom is -0.273 e. The van der Waals surface area contributed by atoms with Gasteiger partial charge >= 0.3 is 0 Å². The van der Waals surface area contributed by atoms with E-state index in [1.807, 2.05) is 72.8 Å². The van der Waals surface area contributed by atoms with Crippen LogP contribution in [-0.2, 0) is 14.4 Å². The molecule has 162 valence electrons. The van der Waals surface area contributed by atoms with Gasteiger partial charge in [-0.25, -0.2) is 14.4 Å². The smallest absolute Gasteiger partial charge is 0.266 e. The number of carbonyl (C=O) groups is 2. The molecule has 0 spiro atoms. The van der Waals surface area contributed by atoms with E-state index in [0.717, 1.165) is 26.9 Å². The maximum absolute atomic E-state index is 13.7. The van der Waals surface area contributed by atoms with E-state index in [1.165, 1.54) is 24.3 Å². The van der Waals surface area contributed by atoms with E-state index in [1.54, 1.807) is 5.06 Å². The van der Waals surface area contributed by atoms with Crippen molar-refractivity contribution < 1.29 is 18.8 Å². The van der Waals surface area contributed by atoms with Crippen LogP contribution < -0.4 is 9.96 Å². The molecule has 0 radical (unpaired) electrons. The topological polar surface area (TPSA) is 49.9 Å². The Hall–Kier alpha value is -4.03. The van der Waals surface area contributed by atoms with E-state index in [0.29, 0.717) is 5.69 Å². The molecule has 2 saturated heterocycles. The summed E-state index contributed by atoms with van der Waals surface area (Å²) in [5.74, 6) is -1.97. The first-order valence-corrected chi connectivity index (χ1v) is 10.8. The van der Waals surface area contributed by atoms with E-state index in [2.05, 4.69) is 0 Å². The standard InChI is InChI=1S/C27H19FN2O3/c28-18-13-15-19(16-14-18)29-26(31)23-24(22-12-6-8-17-7-4-5-11-21(17)22)30(33-25(23)27(29)32)20-9-2-1-3-10-20/h1-16,23-25H/t23-,24+,25+/m0/s1. The summed E-state index contributed by atoms with van der Waals surface area (Å²) >= 11 is 0. The number of anilines is 2. The molecule has 0 aliphatic carbocycles. The van der Waals surface area contributed by atoms with Gasteiger partial charge in [-0.05, 0) is 52.7 Å². The molecule has 6 rings (SSSR count). The van der Waals surface area contributed by atoms with E-state index in [-0.39, 0.29) is 5.91 Å². The summed E-state index contributed by atoms with van der Waals surface area (Å²) in [5.41, 5.74) is 2.01. The number of rotatable bonds is 3. The van der Waals surface area contributed by atoms with Crippen LogP contribution in [0.4, 0.5) is 15.8 Å². The minimum absolute atomic E-state index is 0.340. The second-order valence-corrected chi connectivity index (χ2v) is 8.21. The Morgan fingerprint density at radius 3 is 2.18 bits per heavy atom. The third kappa shape index (κ3) is 3.02. The molecule has 2 aliphatic rings. The zero-order chi connectivity index (χ0) is 22.5. The van der Waals surface area contributed by atoms with E-state index in [9.17, 15) is 14.0 Å². The quantitative estimate of drug-likeness (QED) is 0.421. The van der Waals surface area contributed by atoms with Crippen LogP contribution in [0.15, 0.2) is 97.1 Å². The van der Waals surface area contributed by atoms with Crippen LogP contribution in [0, 0.1) is 11.7 Å². The van der Waals surface area contributed by atoms with Crippen LogP contribution >= 0.6 is 0 Å². The molecule has 2 amide bonds. The first-order chi connectivity index (χ1) is 16.1. The molecular formula is C27H19FN2O3. The molecule has 2 heterocycles. The fraction of sp³-hybridized carbons (Fsp3) is 0.111. The predicted octanol–water partition coefficient (Wildman–Crippen LogP) is 5.03. The van der Waals surface area contributed by atoms with Crippen LogP contribution in [-0.4, -0.2) is 17.9 Å². The molecule has 0 saturated carbocycles. The van der Waals surface area contributed by atoms with Gasteiger partial charge in [0.25, 0.3) is 5.91 Å². The van der Waals surface area contributed by atoms with Crippen LogP contribution in [0.5, 0.6) is 0 Å². The van der Waals surface area contributed by atoms with Gasteiger partial charge in [-0.15, -0.1) is 0 Å². The lowest BCUT2D eigenvalue weighted by molar-refractivity contribution is -0.126. The second-order valence-electron chi connectivity index (χ2n) is 8.21. The van der Waals surface area contributed by atoms with Gasteiger partial charge in [0.15, 0.2) is 6.10 Å². The summed E-state index contributed by atoms with van der Waals surface area (Å²) in [7, 11) is 0. The molecule has 0 aromatic heterocycles. The van der Waals surface area contributed by atoms with Gasteiger partial charge in [-0.3, -0.25) is 14.4 Å². The van der Waals surface area contributed by atoms with Gasteiger partial charge in [-0.1, -0.05) is 60.7 Å². The summed E-state index contributed by atoms with van der Waals surface area (Å²) in [4.78, 5) is 34.4. The number of benzene rings is 4. The number of hydrogen-bond donors (Lipinski definition) is 0. The summed E-state index contributed by atoms with van der Waals surface area (Å²) < 4.78 is 13.4. The molecule has 2 aliphatic heterocycles. The van der Waals surface area contributed by atoms with Crippen molar-refractivity contribution in [1.29, 1.82) is 0 Å². The number of hydrogen-bond acceptors (Lipinski definition) is 4. The van der Waals surface area contributed by atoms with E-state index < -0.39 is 29.8 Å². The Morgan fingerprint density at radius 1 is 0.697 bits per heavy atom. The second kappa shape index (κ2) is 7.53. The van der Waals surface area contributed by atoms with Crippen LogP contribution in [0.25, 0.3) is 10.8 Å². The van der Waals surface area contributed by atoms with E-state index >= 15 is 0 Å². The van der Waals surface area contributed by atoms with Gasteiger partial charge < -0.3 is 0 Å². The van der Waals surface area contributed by atoms with Gasteiger partial charge in [0.1, 0.15) is 11.7 Å². The number of fused-ring (bicyclic) bond motifs is 2. The largest absolute Gasteiger partial charge is 0.273 e. The van der Waals surface area contributed by atoms with Crippen molar-refractivity contribution in [3.05, 3.63) is 108 Å². The SMILES string of the molecule is O=C1[C@H]2[C@@H](c3cccc4ccccc34)N(c3ccccc3)O[C@H]2C(=O)N1c1ccc(F)cc1. The Kier molecular flexibility index (Phi) is 4.48. The molecule has 4 aromatic carbocycles. The van der Waals surface area contributed by atoms with Crippen molar-refractivity contribution >= 4 is 34.0 Å². The normalized spacial score (nSPS) is 22.3. The van der Waals surface area contributed by atoms with Crippen molar-refractivity contribution in [2.24, 2.45) is 5.92 Å². The summed E-state index contributed by atoms with van der Waals surface area (Å²) in [6.07, 6.45) is -0.966. The fourth-order valence-corrected chi connectivity index (χ4v) is 4.88. The lowest BCUT2D eigenvalue weighted by atomic mass is 9.87. The summed E-state index contributed by atoms with van der Waals surface area (Å²) in [6, 6.07) is 28.2. The average molecular weight is 438 g/mol. The molecule has 33 heavy (non-hydrogen) atoms. The fourth-order valence-electron chi connectivity index (χ4n) is 4.88. The van der Waals surface area contributed by atoms with Gasteiger partial charge in [0.05, 0.1) is 17.4 Å². The van der Waals surface area contributed by atoms with Crippen LogP contribution in [0.2, 0.25) is 0 Å². The van der Waals surface area contributed by atoms with Crippen LogP contribution in [0.1, 0.15) is 11.6 Å². The molecular weight excluding hydrogens is 419 g/mol. The van der Waals surface area contributed by atoms with Crippen molar-refractivity contribution in [3.63, 3.8) is 0 Å². The summed E-state index contributed by atoms with van der Waals surface area (Å²) in [5, 5.41) is 3.73. The first-order valence-electron chi connectivity index (χ1n) is 10.8. The third-order valence-corrected chi connectivity index (χ3v) is 6.35. The molecule has 0 unspecified atom stereocenters. The molecule has 2 fully saturated rings. The zero-order valence-corrected chi connectivity index (χ0v) is 17.5. The number of nitrogens with zero attached hydrogens (tertiary/aromatic N) is 2. The van der Waals surface area contributed by atoms with Crippen molar-refractivity contribution in [1.82, 2.24) is 0 Å². The number of carbonyl (C=O) groups excluding carboxylic acids is 2. The highest BCUT2D eigenvalue weighted by Gasteiger charge is 2.60. The number of hydroxylamine groups is 1. The number of amides is 2. The van der Waals surface area contributed by atoms with Gasteiger partial charge in [0.2, 0.25) is 5.91 Å². The van der Waals surface area contributed by atoms with E-state index in [4.69, 9.17) is 4.84 Å². The number of halogens is 1. The lowest BCUT2D eigenvalue weighted by Gasteiger charge is -2.29. The highest BCUT2D eigenvalue weighted by atomic mass is 19.1. The van der Waals surface area contributed by atoms with Gasteiger partial charge in [0, 0.05) is 0 Å². The van der Waals surface area contributed by atoms with Crippen molar-refractivity contribution in [2.75, 3.05) is 9.96 Å². The highest BCUT2D eigenvalue weighted by molar-refractivity contribution is 6.24. The molecule has 6 heteroatoms. The molecule has 5 nitrogen and oxygen atoms in total. The molecule has 0 bridgehead atoms. The molecule has 4 aromatic rings. The Labute approximate surface area is 189 Å². The average Bonchev–Trinajstić information content (AvgIpc) is 3.36. The predicted molar refractivity (Wildman–Crippen MR) is 123 cm³/mol. The third-order valence-electron chi connectivity index (χ3n) is 6.35. The van der Waals surface area contributed by atoms with Gasteiger partial charge in [-0.2, -0.15) is 0 Å². The Bertz CT molecular complexity index is 1370.